The quantitative estimate of drug-likeness (QED) is 0.794. The first-order valence-corrected chi connectivity index (χ1v) is 10.6. The minimum Gasteiger partial charge on any atom is -0.376 e. The second-order valence-corrected chi connectivity index (χ2v) is 9.13. The third-order valence-corrected chi connectivity index (χ3v) is 5.56. The summed E-state index contributed by atoms with van der Waals surface area (Å²) in [4.78, 5) is 28.8. The molecule has 2 aromatic heterocycles. The number of carbonyl (C=O) groups is 2. The monoisotopic (exact) mass is 408 g/mol. The Hall–Kier alpha value is -1.84. The summed E-state index contributed by atoms with van der Waals surface area (Å²) < 4.78 is 9.54. The van der Waals surface area contributed by atoms with Crippen LogP contribution in [0.25, 0.3) is 0 Å². The highest BCUT2D eigenvalue weighted by Gasteiger charge is 2.37. The van der Waals surface area contributed by atoms with Gasteiger partial charge in [0.2, 0.25) is 5.91 Å². The summed E-state index contributed by atoms with van der Waals surface area (Å²) in [6.45, 7) is 6.80. The van der Waals surface area contributed by atoms with Crippen LogP contribution in [0.1, 0.15) is 55.0 Å². The Kier molecular flexibility index (Phi) is 6.23. The molecule has 0 radical (unpaired) electrons. The number of amides is 2. The molecule has 1 aliphatic rings. The van der Waals surface area contributed by atoms with Crippen LogP contribution in [-0.2, 0) is 9.53 Å². The molecule has 0 aliphatic carbocycles. The molecular formula is C18H24N4O3S2. The molecule has 3 rings (SSSR count). The van der Waals surface area contributed by atoms with Crippen LogP contribution in [0, 0.1) is 0 Å². The Labute approximate surface area is 166 Å². The van der Waals surface area contributed by atoms with Crippen molar-refractivity contribution in [2.75, 3.05) is 13.2 Å². The van der Waals surface area contributed by atoms with Crippen molar-refractivity contribution in [3.63, 3.8) is 0 Å². The van der Waals surface area contributed by atoms with Gasteiger partial charge < -0.3 is 15.0 Å². The highest BCUT2D eigenvalue weighted by molar-refractivity contribution is 7.10. The van der Waals surface area contributed by atoms with E-state index in [0.717, 1.165) is 29.3 Å². The molecule has 2 atom stereocenters. The van der Waals surface area contributed by atoms with E-state index in [-0.39, 0.29) is 23.6 Å². The van der Waals surface area contributed by atoms with E-state index in [4.69, 9.17) is 4.74 Å². The molecule has 2 amide bonds. The van der Waals surface area contributed by atoms with Crippen molar-refractivity contribution >= 4 is 34.7 Å². The zero-order chi connectivity index (χ0) is 19.4. The molecule has 27 heavy (non-hydrogen) atoms. The van der Waals surface area contributed by atoms with Crippen LogP contribution in [0.4, 0.5) is 0 Å². The summed E-state index contributed by atoms with van der Waals surface area (Å²) in [5.74, 6) is -0.513. The van der Waals surface area contributed by atoms with Crippen molar-refractivity contribution in [1.82, 2.24) is 19.8 Å². The summed E-state index contributed by atoms with van der Waals surface area (Å²) in [5.41, 5.74) is -0.156. The van der Waals surface area contributed by atoms with E-state index in [1.807, 2.05) is 38.3 Å². The predicted octanol–water partition coefficient (Wildman–Crippen LogP) is 2.88. The lowest BCUT2D eigenvalue weighted by Gasteiger charge is -2.33. The fourth-order valence-corrected chi connectivity index (χ4v) is 4.29. The molecule has 1 aliphatic heterocycles. The van der Waals surface area contributed by atoms with E-state index in [1.54, 1.807) is 10.3 Å². The molecule has 1 N–H and O–H groups in total. The van der Waals surface area contributed by atoms with Gasteiger partial charge in [-0.2, -0.15) is 0 Å². The van der Waals surface area contributed by atoms with Crippen LogP contribution < -0.4 is 5.32 Å². The molecule has 3 heterocycles. The number of ether oxygens (including phenoxy) is 1. The Morgan fingerprint density at radius 2 is 2.26 bits per heavy atom. The fraction of sp³-hybridized carbons (Fsp3) is 0.556. The van der Waals surface area contributed by atoms with Gasteiger partial charge >= 0.3 is 0 Å². The van der Waals surface area contributed by atoms with Crippen molar-refractivity contribution < 1.29 is 14.3 Å². The molecule has 0 aromatic carbocycles. The first kappa shape index (κ1) is 19.9. The predicted molar refractivity (Wildman–Crippen MR) is 105 cm³/mol. The number of thiophene rings is 1. The standard InChI is InChI=1S/C18H24N4O3S2/c1-18(2,3)19-16(23)15(14-7-5-9-26-14)22(10-12-6-4-8-25-12)17(24)13-11-27-21-20-13/h5,7,9,11-12,15H,4,6,8,10H2,1-3H3,(H,19,23)/t12-,15+/m0/s1. The molecule has 9 heteroatoms. The lowest BCUT2D eigenvalue weighted by molar-refractivity contribution is -0.127. The van der Waals surface area contributed by atoms with Crippen molar-refractivity contribution in [1.29, 1.82) is 0 Å². The van der Waals surface area contributed by atoms with E-state index < -0.39 is 11.6 Å². The van der Waals surface area contributed by atoms with Crippen LogP contribution in [0.15, 0.2) is 22.9 Å². The number of aromatic nitrogens is 2. The minimum atomic E-state index is -0.734. The van der Waals surface area contributed by atoms with Crippen molar-refractivity contribution in [3.05, 3.63) is 33.5 Å². The first-order valence-electron chi connectivity index (χ1n) is 8.90. The third-order valence-electron chi connectivity index (χ3n) is 4.14. The van der Waals surface area contributed by atoms with Gasteiger partial charge in [-0.05, 0) is 56.6 Å². The van der Waals surface area contributed by atoms with E-state index in [0.29, 0.717) is 13.2 Å². The Morgan fingerprint density at radius 1 is 1.44 bits per heavy atom. The van der Waals surface area contributed by atoms with Gasteiger partial charge in [-0.3, -0.25) is 9.59 Å². The maximum atomic E-state index is 13.2. The largest absolute Gasteiger partial charge is 0.376 e. The highest BCUT2D eigenvalue weighted by atomic mass is 32.1. The zero-order valence-electron chi connectivity index (χ0n) is 15.7. The molecule has 0 unspecified atom stereocenters. The van der Waals surface area contributed by atoms with Crippen LogP contribution in [0.5, 0.6) is 0 Å². The molecule has 1 saturated heterocycles. The normalized spacial score (nSPS) is 18.3. The topological polar surface area (TPSA) is 84.4 Å². The lowest BCUT2D eigenvalue weighted by Crippen LogP contribution is -2.50. The number of nitrogens with zero attached hydrogens (tertiary/aromatic N) is 3. The van der Waals surface area contributed by atoms with Crippen molar-refractivity contribution in [3.8, 4) is 0 Å². The van der Waals surface area contributed by atoms with E-state index in [9.17, 15) is 9.59 Å². The molecule has 0 spiro atoms. The Morgan fingerprint density at radius 3 is 2.81 bits per heavy atom. The minimum absolute atomic E-state index is 0.0783. The smallest absolute Gasteiger partial charge is 0.276 e. The summed E-state index contributed by atoms with van der Waals surface area (Å²) in [7, 11) is 0. The van der Waals surface area contributed by atoms with Crippen LogP contribution in [0.3, 0.4) is 0 Å². The van der Waals surface area contributed by atoms with Gasteiger partial charge in [0.15, 0.2) is 5.69 Å². The summed E-state index contributed by atoms with van der Waals surface area (Å²) in [5, 5.41) is 10.4. The average molecular weight is 409 g/mol. The van der Waals surface area contributed by atoms with Gasteiger partial charge in [0, 0.05) is 28.9 Å². The highest BCUT2D eigenvalue weighted by Crippen LogP contribution is 2.29. The second-order valence-electron chi connectivity index (χ2n) is 7.54. The molecule has 1 fully saturated rings. The maximum absolute atomic E-state index is 13.2. The number of nitrogens with one attached hydrogen (secondary N) is 1. The van der Waals surface area contributed by atoms with Gasteiger partial charge in [0.1, 0.15) is 6.04 Å². The van der Waals surface area contributed by atoms with Crippen molar-refractivity contribution in [2.45, 2.75) is 51.3 Å². The van der Waals surface area contributed by atoms with Crippen LogP contribution in [0.2, 0.25) is 0 Å². The van der Waals surface area contributed by atoms with Crippen LogP contribution >= 0.6 is 22.9 Å². The maximum Gasteiger partial charge on any atom is 0.276 e. The molecule has 0 bridgehead atoms. The third kappa shape index (κ3) is 5.12. The SMILES string of the molecule is CC(C)(C)NC(=O)[C@@H](c1cccs1)N(C[C@@H]1CCCO1)C(=O)c1csnn1. The van der Waals surface area contributed by atoms with E-state index in [2.05, 4.69) is 14.9 Å². The summed E-state index contributed by atoms with van der Waals surface area (Å²) in [6.07, 6.45) is 1.75. The molecule has 7 nitrogen and oxygen atoms in total. The summed E-state index contributed by atoms with van der Waals surface area (Å²) >= 11 is 2.58. The number of hydrogen-bond acceptors (Lipinski definition) is 7. The zero-order valence-corrected chi connectivity index (χ0v) is 17.3. The average Bonchev–Trinajstić information content (AvgIpc) is 3.34. The summed E-state index contributed by atoms with van der Waals surface area (Å²) in [6, 6.07) is 3.03. The number of carbonyl (C=O) groups excluding carboxylic acids is 2. The van der Waals surface area contributed by atoms with Gasteiger partial charge in [-0.15, -0.1) is 16.4 Å². The van der Waals surface area contributed by atoms with Crippen molar-refractivity contribution in [2.24, 2.45) is 0 Å². The number of hydrogen-bond donors (Lipinski definition) is 1. The van der Waals surface area contributed by atoms with Crippen LogP contribution in [-0.4, -0.2) is 51.1 Å². The molecule has 0 saturated carbocycles. The van der Waals surface area contributed by atoms with Gasteiger partial charge in [-0.25, -0.2) is 0 Å². The lowest BCUT2D eigenvalue weighted by atomic mass is 10.1. The molecular weight excluding hydrogens is 384 g/mol. The Balaban J connectivity index is 1.95. The number of rotatable bonds is 6. The Bertz CT molecular complexity index is 750. The first-order chi connectivity index (χ1) is 12.8. The second kappa shape index (κ2) is 8.45. The van der Waals surface area contributed by atoms with Gasteiger partial charge in [0.25, 0.3) is 5.91 Å². The van der Waals surface area contributed by atoms with E-state index in [1.165, 1.54) is 11.3 Å². The fourth-order valence-electron chi connectivity index (χ4n) is 3.03. The van der Waals surface area contributed by atoms with Gasteiger partial charge in [-0.1, -0.05) is 10.6 Å². The molecule has 146 valence electrons. The van der Waals surface area contributed by atoms with Gasteiger partial charge in [0.05, 0.1) is 6.10 Å². The van der Waals surface area contributed by atoms with E-state index >= 15 is 0 Å². The molecule has 2 aromatic rings.